The monoisotopic (exact) mass is 497 g/mol. The van der Waals surface area contributed by atoms with Crippen LogP contribution in [0.5, 0.6) is 0 Å². The molecule has 0 bridgehead atoms. The van der Waals surface area contributed by atoms with Gasteiger partial charge in [0.1, 0.15) is 6.04 Å². The van der Waals surface area contributed by atoms with Crippen LogP contribution in [0.25, 0.3) is 0 Å². The van der Waals surface area contributed by atoms with Gasteiger partial charge in [0.2, 0.25) is 11.8 Å². The van der Waals surface area contributed by atoms with E-state index in [1.54, 1.807) is 17.0 Å². The molecule has 8 heteroatoms. The lowest BCUT2D eigenvalue weighted by Crippen LogP contribution is -2.51. The molecule has 1 aromatic carbocycles. The zero-order chi connectivity index (χ0) is 24.6. The second-order valence-electron chi connectivity index (χ2n) is 9.50. The van der Waals surface area contributed by atoms with Crippen molar-refractivity contribution in [3.63, 3.8) is 0 Å². The number of hydrogen-bond acceptors (Lipinski definition) is 5. The van der Waals surface area contributed by atoms with E-state index in [9.17, 15) is 14.4 Å². The van der Waals surface area contributed by atoms with Gasteiger partial charge in [-0.1, -0.05) is 55.2 Å². The van der Waals surface area contributed by atoms with Gasteiger partial charge in [0.05, 0.1) is 17.5 Å². The number of ether oxygens (including phenoxy) is 1. The van der Waals surface area contributed by atoms with Crippen LogP contribution in [0.15, 0.2) is 41.8 Å². The van der Waals surface area contributed by atoms with Gasteiger partial charge in [-0.25, -0.2) is 0 Å². The van der Waals surface area contributed by atoms with E-state index in [-0.39, 0.29) is 36.4 Å². The van der Waals surface area contributed by atoms with Gasteiger partial charge in [-0.15, -0.1) is 11.3 Å². The first-order chi connectivity index (χ1) is 17.0. The van der Waals surface area contributed by atoms with Crippen molar-refractivity contribution in [2.24, 2.45) is 0 Å². The Labute approximate surface area is 211 Å². The van der Waals surface area contributed by atoms with Crippen molar-refractivity contribution in [3.05, 3.63) is 57.8 Å². The van der Waals surface area contributed by atoms with Gasteiger partial charge >= 0.3 is 0 Å². The van der Waals surface area contributed by atoms with Crippen molar-refractivity contribution < 1.29 is 19.1 Å². The fourth-order valence-corrected chi connectivity index (χ4v) is 5.50. The Balaban J connectivity index is 1.57. The Hall–Kier alpha value is -2.71. The van der Waals surface area contributed by atoms with Crippen molar-refractivity contribution >= 4 is 29.1 Å². The summed E-state index contributed by atoms with van der Waals surface area (Å²) in [5.74, 6) is -0.754. The smallest absolute Gasteiger partial charge is 0.261 e. The molecule has 2 aromatic rings. The highest BCUT2D eigenvalue weighted by molar-refractivity contribution is 7.12. The number of aryl methyl sites for hydroxylation is 1. The first kappa shape index (κ1) is 25.4. The van der Waals surface area contributed by atoms with Crippen LogP contribution in [0.2, 0.25) is 0 Å². The highest BCUT2D eigenvalue weighted by Gasteiger charge is 2.35. The van der Waals surface area contributed by atoms with Gasteiger partial charge < -0.3 is 20.3 Å². The van der Waals surface area contributed by atoms with Crippen molar-refractivity contribution in [2.75, 3.05) is 19.7 Å². The molecule has 0 unspecified atom stereocenters. The molecule has 1 saturated carbocycles. The number of hydrogen-bond donors (Lipinski definition) is 2. The van der Waals surface area contributed by atoms with Gasteiger partial charge in [-0.2, -0.15) is 0 Å². The number of carbonyl (C=O) groups excluding carboxylic acids is 3. The molecule has 0 spiro atoms. The maximum absolute atomic E-state index is 13.7. The average Bonchev–Trinajstić information content (AvgIpc) is 3.58. The van der Waals surface area contributed by atoms with Crippen LogP contribution in [0.4, 0.5) is 0 Å². The SMILES string of the molecule is Cc1ccc([C@H](C(=O)NC2CCCCC2)N(C[C@H]2CCCO2)C(=O)CNC(=O)c2cccs2)cc1. The molecule has 1 aliphatic carbocycles. The molecule has 3 amide bonds. The molecule has 35 heavy (non-hydrogen) atoms. The van der Waals surface area contributed by atoms with Crippen LogP contribution in [-0.4, -0.2) is 54.5 Å². The molecule has 2 aliphatic rings. The summed E-state index contributed by atoms with van der Waals surface area (Å²) in [4.78, 5) is 41.9. The second kappa shape index (κ2) is 12.3. The Kier molecular flexibility index (Phi) is 8.93. The number of nitrogens with zero attached hydrogens (tertiary/aromatic N) is 1. The zero-order valence-electron chi connectivity index (χ0n) is 20.3. The third-order valence-electron chi connectivity index (χ3n) is 6.79. The maximum Gasteiger partial charge on any atom is 0.261 e. The van der Waals surface area contributed by atoms with Crippen LogP contribution < -0.4 is 10.6 Å². The molecule has 1 aromatic heterocycles. The molecular weight excluding hydrogens is 462 g/mol. The topological polar surface area (TPSA) is 87.7 Å². The third-order valence-corrected chi connectivity index (χ3v) is 7.66. The van der Waals surface area contributed by atoms with Crippen LogP contribution >= 0.6 is 11.3 Å². The summed E-state index contributed by atoms with van der Waals surface area (Å²) in [6.07, 6.45) is 6.98. The summed E-state index contributed by atoms with van der Waals surface area (Å²) in [7, 11) is 0. The van der Waals surface area contributed by atoms with E-state index in [1.165, 1.54) is 17.8 Å². The van der Waals surface area contributed by atoms with Gasteiger partial charge in [0, 0.05) is 19.2 Å². The number of amides is 3. The highest BCUT2D eigenvalue weighted by atomic mass is 32.1. The summed E-state index contributed by atoms with van der Waals surface area (Å²) in [5, 5.41) is 7.78. The minimum absolute atomic E-state index is 0.123. The molecule has 0 radical (unpaired) electrons. The van der Waals surface area contributed by atoms with E-state index in [0.717, 1.165) is 49.7 Å². The Morgan fingerprint density at radius 2 is 1.83 bits per heavy atom. The van der Waals surface area contributed by atoms with E-state index in [4.69, 9.17) is 4.74 Å². The Bertz CT molecular complexity index is 980. The molecule has 1 aliphatic heterocycles. The Morgan fingerprint density at radius 1 is 1.06 bits per heavy atom. The fraction of sp³-hybridized carbons (Fsp3) is 0.519. The number of carbonyl (C=O) groups is 3. The van der Waals surface area contributed by atoms with Crippen LogP contribution in [-0.2, 0) is 14.3 Å². The third kappa shape index (κ3) is 6.92. The van der Waals surface area contributed by atoms with Gasteiger partial charge in [0.15, 0.2) is 0 Å². The average molecular weight is 498 g/mol. The molecule has 7 nitrogen and oxygen atoms in total. The van der Waals surface area contributed by atoms with E-state index in [0.29, 0.717) is 18.0 Å². The largest absolute Gasteiger partial charge is 0.376 e. The predicted octanol–water partition coefficient (Wildman–Crippen LogP) is 3.98. The van der Waals surface area contributed by atoms with Crippen LogP contribution in [0, 0.1) is 6.92 Å². The van der Waals surface area contributed by atoms with E-state index in [2.05, 4.69) is 10.6 Å². The quantitative estimate of drug-likeness (QED) is 0.549. The lowest BCUT2D eigenvalue weighted by Gasteiger charge is -2.34. The van der Waals surface area contributed by atoms with E-state index >= 15 is 0 Å². The standard InChI is InChI=1S/C27H35N3O4S/c1-19-11-13-20(14-12-19)25(27(33)29-21-7-3-2-4-8-21)30(18-22-9-5-15-34-22)24(31)17-28-26(32)23-10-6-16-35-23/h6,10-14,16,21-22,25H,2-5,7-9,15,17-18H2,1H3,(H,28,32)(H,29,33)/t22-,25-/m1/s1. The highest BCUT2D eigenvalue weighted by Crippen LogP contribution is 2.26. The first-order valence-electron chi connectivity index (χ1n) is 12.6. The number of thiophene rings is 1. The second-order valence-corrected chi connectivity index (χ2v) is 10.4. The summed E-state index contributed by atoms with van der Waals surface area (Å²) in [6.45, 7) is 2.79. The summed E-state index contributed by atoms with van der Waals surface area (Å²) >= 11 is 1.32. The van der Waals surface area contributed by atoms with Gasteiger partial charge in [-0.05, 0) is 49.6 Å². The molecular formula is C27H35N3O4S. The molecule has 2 heterocycles. The number of benzene rings is 1. The maximum atomic E-state index is 13.7. The number of nitrogens with one attached hydrogen (secondary N) is 2. The zero-order valence-corrected chi connectivity index (χ0v) is 21.1. The lowest BCUT2D eigenvalue weighted by molar-refractivity contribution is -0.142. The van der Waals surface area contributed by atoms with E-state index < -0.39 is 6.04 Å². The molecule has 188 valence electrons. The minimum atomic E-state index is -0.784. The van der Waals surface area contributed by atoms with Crippen LogP contribution in [0.1, 0.15) is 71.8 Å². The van der Waals surface area contributed by atoms with E-state index in [1.807, 2.05) is 36.6 Å². The first-order valence-corrected chi connectivity index (χ1v) is 13.5. The summed E-state index contributed by atoms with van der Waals surface area (Å²) < 4.78 is 5.84. The summed E-state index contributed by atoms with van der Waals surface area (Å²) in [5.41, 5.74) is 1.85. The van der Waals surface area contributed by atoms with Crippen molar-refractivity contribution in [3.8, 4) is 0 Å². The van der Waals surface area contributed by atoms with Gasteiger partial charge in [-0.3, -0.25) is 14.4 Å². The minimum Gasteiger partial charge on any atom is -0.376 e. The van der Waals surface area contributed by atoms with Crippen molar-refractivity contribution in [1.82, 2.24) is 15.5 Å². The molecule has 2 atom stereocenters. The van der Waals surface area contributed by atoms with Crippen LogP contribution in [0.3, 0.4) is 0 Å². The van der Waals surface area contributed by atoms with Crippen molar-refractivity contribution in [1.29, 1.82) is 0 Å². The molecule has 2 N–H and O–H groups in total. The Morgan fingerprint density at radius 3 is 2.49 bits per heavy atom. The molecule has 4 rings (SSSR count). The fourth-order valence-electron chi connectivity index (χ4n) is 4.86. The van der Waals surface area contributed by atoms with Gasteiger partial charge in [0.25, 0.3) is 5.91 Å². The molecule has 2 fully saturated rings. The molecule has 1 saturated heterocycles. The lowest BCUT2D eigenvalue weighted by atomic mass is 9.94. The normalized spacial score (nSPS) is 19.2. The predicted molar refractivity (Wildman–Crippen MR) is 136 cm³/mol. The number of rotatable bonds is 9. The summed E-state index contributed by atoms with van der Waals surface area (Å²) in [6, 6.07) is 10.6. The van der Waals surface area contributed by atoms with Crippen molar-refractivity contribution in [2.45, 2.75) is 70.1 Å².